The normalized spacial score (nSPS) is 18.5. The number of nitrogens with one attached hydrogen (secondary N) is 2. The smallest absolute Gasteiger partial charge is 0.321 e. The van der Waals surface area contributed by atoms with E-state index in [0.29, 0.717) is 13.2 Å². The number of rotatable bonds is 6. The molecule has 2 amide bonds. The maximum absolute atomic E-state index is 12.5. The molecule has 4 rings (SSSR count). The zero-order valence-electron chi connectivity index (χ0n) is 16.4. The van der Waals surface area contributed by atoms with Crippen molar-refractivity contribution >= 4 is 11.7 Å². The van der Waals surface area contributed by atoms with E-state index in [2.05, 4.69) is 15.5 Å². The van der Waals surface area contributed by atoms with Crippen LogP contribution in [0.1, 0.15) is 42.6 Å². The van der Waals surface area contributed by atoms with Crippen molar-refractivity contribution in [3.8, 4) is 5.75 Å². The molecule has 0 spiro atoms. The van der Waals surface area contributed by atoms with Gasteiger partial charge in [0.2, 0.25) is 0 Å². The van der Waals surface area contributed by atoms with Crippen LogP contribution in [0.4, 0.5) is 10.5 Å². The molecule has 0 radical (unpaired) electrons. The van der Waals surface area contributed by atoms with Gasteiger partial charge in [-0.1, -0.05) is 0 Å². The molecule has 28 heavy (non-hydrogen) atoms. The zero-order chi connectivity index (χ0) is 19.3. The third-order valence-electron chi connectivity index (χ3n) is 5.44. The molecule has 2 heterocycles. The maximum atomic E-state index is 12.5. The van der Waals surface area contributed by atoms with E-state index in [-0.39, 0.29) is 12.1 Å². The van der Waals surface area contributed by atoms with E-state index < -0.39 is 0 Å². The Morgan fingerprint density at radius 1 is 1.29 bits per heavy atom. The summed E-state index contributed by atoms with van der Waals surface area (Å²) in [6.07, 6.45) is 6.84. The molecular weight excluding hydrogens is 356 g/mol. The molecule has 0 saturated carbocycles. The Morgan fingerprint density at radius 3 is 2.93 bits per heavy atom. The number of hydrogen-bond donors (Lipinski definition) is 2. The van der Waals surface area contributed by atoms with Crippen LogP contribution in [0.2, 0.25) is 0 Å². The van der Waals surface area contributed by atoms with Crippen molar-refractivity contribution in [1.29, 1.82) is 0 Å². The van der Waals surface area contributed by atoms with Gasteiger partial charge in [0.15, 0.2) is 0 Å². The monoisotopic (exact) mass is 384 g/mol. The van der Waals surface area contributed by atoms with Crippen LogP contribution >= 0.6 is 0 Å². The lowest BCUT2D eigenvalue weighted by molar-refractivity contribution is -0.0110. The summed E-state index contributed by atoms with van der Waals surface area (Å²) in [6.45, 7) is 1.90. The number of amides is 2. The van der Waals surface area contributed by atoms with E-state index in [1.54, 1.807) is 11.9 Å². The van der Waals surface area contributed by atoms with Crippen LogP contribution in [0, 0.1) is 0 Å². The van der Waals surface area contributed by atoms with Crippen molar-refractivity contribution in [3.63, 3.8) is 0 Å². The summed E-state index contributed by atoms with van der Waals surface area (Å²) >= 11 is 0. The molecule has 150 valence electrons. The second-order valence-corrected chi connectivity index (χ2v) is 7.59. The summed E-state index contributed by atoms with van der Waals surface area (Å²) in [7, 11) is 1.78. The van der Waals surface area contributed by atoms with E-state index in [4.69, 9.17) is 9.47 Å². The maximum Gasteiger partial charge on any atom is 0.321 e. The minimum atomic E-state index is -0.154. The summed E-state index contributed by atoms with van der Waals surface area (Å²) in [5.41, 5.74) is 4.21. The van der Waals surface area contributed by atoms with E-state index in [9.17, 15) is 4.79 Å². The van der Waals surface area contributed by atoms with Crippen LogP contribution < -0.4 is 10.1 Å². The molecule has 1 saturated heterocycles. The second kappa shape index (κ2) is 8.65. The van der Waals surface area contributed by atoms with Crippen LogP contribution in [0.3, 0.4) is 0 Å². The highest BCUT2D eigenvalue weighted by molar-refractivity contribution is 5.89. The van der Waals surface area contributed by atoms with Crippen LogP contribution in [0.25, 0.3) is 0 Å². The minimum absolute atomic E-state index is 0.154. The molecule has 1 fully saturated rings. The van der Waals surface area contributed by atoms with Crippen molar-refractivity contribution in [2.24, 2.45) is 0 Å². The number of carbonyl (C=O) groups excluding carboxylic acids is 1. The Kier molecular flexibility index (Phi) is 5.81. The molecule has 1 aliphatic heterocycles. The van der Waals surface area contributed by atoms with Crippen molar-refractivity contribution in [2.45, 2.75) is 51.2 Å². The molecule has 1 aliphatic carbocycles. The SMILES string of the molecule is CN(Cc1n[nH]c2c1CCC2)C(=O)Nc1ccc(OC[C@H]2CCCCO2)cc1. The van der Waals surface area contributed by atoms with Crippen molar-refractivity contribution in [3.05, 3.63) is 41.2 Å². The molecule has 1 aromatic heterocycles. The van der Waals surface area contributed by atoms with E-state index in [1.807, 2.05) is 24.3 Å². The van der Waals surface area contributed by atoms with Crippen LogP contribution in [0.5, 0.6) is 5.75 Å². The molecule has 0 bridgehead atoms. The molecular formula is C21H28N4O3. The lowest BCUT2D eigenvalue weighted by Crippen LogP contribution is -2.31. The molecule has 2 N–H and O–H groups in total. The fourth-order valence-corrected chi connectivity index (χ4v) is 3.80. The largest absolute Gasteiger partial charge is 0.491 e. The standard InChI is InChI=1S/C21H28N4O3/c1-25(13-20-18-6-4-7-19(18)23-24-20)21(26)22-15-8-10-16(11-9-15)28-14-17-5-2-3-12-27-17/h8-11,17H,2-7,12-14H2,1H3,(H,22,26)(H,23,24)/t17-/m1/s1. The second-order valence-electron chi connectivity index (χ2n) is 7.59. The predicted octanol–water partition coefficient (Wildman–Crippen LogP) is 3.51. The highest BCUT2D eigenvalue weighted by atomic mass is 16.5. The van der Waals surface area contributed by atoms with E-state index in [1.165, 1.54) is 17.7 Å². The number of hydrogen-bond acceptors (Lipinski definition) is 4. The molecule has 1 aromatic carbocycles. The predicted molar refractivity (Wildman–Crippen MR) is 107 cm³/mol. The van der Waals surface area contributed by atoms with Crippen LogP contribution in [-0.2, 0) is 24.1 Å². The lowest BCUT2D eigenvalue weighted by atomic mass is 10.1. The Morgan fingerprint density at radius 2 is 2.14 bits per heavy atom. The summed E-state index contributed by atoms with van der Waals surface area (Å²) in [6, 6.07) is 7.31. The van der Waals surface area contributed by atoms with Gasteiger partial charge < -0.3 is 19.7 Å². The van der Waals surface area contributed by atoms with E-state index in [0.717, 1.165) is 55.8 Å². The number of benzene rings is 1. The first-order chi connectivity index (χ1) is 13.7. The quantitative estimate of drug-likeness (QED) is 0.799. The van der Waals surface area contributed by atoms with Gasteiger partial charge in [-0.3, -0.25) is 5.10 Å². The fourth-order valence-electron chi connectivity index (χ4n) is 3.80. The molecule has 2 aliphatic rings. The summed E-state index contributed by atoms with van der Waals surface area (Å²) in [4.78, 5) is 14.1. The molecule has 0 unspecified atom stereocenters. The van der Waals surface area contributed by atoms with Crippen LogP contribution in [-0.4, -0.2) is 47.5 Å². The molecule has 2 aromatic rings. The van der Waals surface area contributed by atoms with E-state index >= 15 is 0 Å². The number of ether oxygens (including phenoxy) is 2. The highest BCUT2D eigenvalue weighted by Gasteiger charge is 2.20. The van der Waals surface area contributed by atoms with Gasteiger partial charge in [0, 0.05) is 25.0 Å². The topological polar surface area (TPSA) is 79.5 Å². The first-order valence-corrected chi connectivity index (χ1v) is 10.1. The summed E-state index contributed by atoms with van der Waals surface area (Å²) in [5, 5.41) is 10.4. The first kappa shape index (κ1) is 18.8. The van der Waals surface area contributed by atoms with Gasteiger partial charge in [-0.15, -0.1) is 0 Å². The Balaban J connectivity index is 1.26. The van der Waals surface area contributed by atoms with Crippen molar-refractivity contribution in [1.82, 2.24) is 15.1 Å². The third kappa shape index (κ3) is 4.47. The van der Waals surface area contributed by atoms with Crippen molar-refractivity contribution in [2.75, 3.05) is 25.6 Å². The molecule has 7 nitrogen and oxygen atoms in total. The lowest BCUT2D eigenvalue weighted by Gasteiger charge is -2.22. The van der Waals surface area contributed by atoms with Gasteiger partial charge in [-0.25, -0.2) is 4.79 Å². The molecule has 1 atom stereocenters. The zero-order valence-corrected chi connectivity index (χ0v) is 16.4. The number of nitrogens with zero attached hydrogens (tertiary/aromatic N) is 2. The van der Waals surface area contributed by atoms with Gasteiger partial charge in [0.25, 0.3) is 0 Å². The summed E-state index contributed by atoms with van der Waals surface area (Å²) in [5.74, 6) is 0.785. The number of fused-ring (bicyclic) bond motifs is 1. The Hall–Kier alpha value is -2.54. The third-order valence-corrected chi connectivity index (χ3v) is 5.44. The Labute approximate surface area is 165 Å². The van der Waals surface area contributed by atoms with Gasteiger partial charge in [-0.2, -0.15) is 5.10 Å². The van der Waals surface area contributed by atoms with Crippen molar-refractivity contribution < 1.29 is 14.3 Å². The first-order valence-electron chi connectivity index (χ1n) is 10.1. The highest BCUT2D eigenvalue weighted by Crippen LogP contribution is 2.24. The number of urea groups is 1. The van der Waals surface area contributed by atoms with Gasteiger partial charge in [0.05, 0.1) is 18.3 Å². The molecule has 7 heteroatoms. The number of aromatic nitrogens is 2. The minimum Gasteiger partial charge on any atom is -0.491 e. The summed E-state index contributed by atoms with van der Waals surface area (Å²) < 4.78 is 11.5. The number of carbonyl (C=O) groups is 1. The van der Waals surface area contributed by atoms with Gasteiger partial charge in [0.1, 0.15) is 12.4 Å². The number of aryl methyl sites for hydroxylation is 1. The van der Waals surface area contributed by atoms with Gasteiger partial charge >= 0.3 is 6.03 Å². The Bertz CT molecular complexity index is 796. The number of anilines is 1. The number of H-pyrrole nitrogens is 1. The fraction of sp³-hybridized carbons (Fsp3) is 0.524. The van der Waals surface area contributed by atoms with Gasteiger partial charge in [-0.05, 0) is 68.4 Å². The average molecular weight is 384 g/mol. The van der Waals surface area contributed by atoms with Crippen LogP contribution in [0.15, 0.2) is 24.3 Å². The average Bonchev–Trinajstić information content (AvgIpc) is 3.33. The number of aromatic amines is 1.